The molecule has 34 heavy (non-hydrogen) atoms. The van der Waals surface area contributed by atoms with E-state index in [1.54, 1.807) is 37.0 Å². The molecule has 0 fully saturated rings. The number of methoxy groups -OCH3 is 1. The van der Waals surface area contributed by atoms with Crippen LogP contribution in [-0.2, 0) is 11.3 Å². The Balaban J connectivity index is 0.000000343. The van der Waals surface area contributed by atoms with Crippen LogP contribution < -0.4 is 10.1 Å². The van der Waals surface area contributed by atoms with Gasteiger partial charge in [-0.2, -0.15) is 13.9 Å². The summed E-state index contributed by atoms with van der Waals surface area (Å²) >= 11 is 0. The molecule has 4 aromatic rings. The topological polar surface area (TPSA) is 56.2 Å². The molecule has 1 unspecified atom stereocenters. The van der Waals surface area contributed by atoms with Crippen LogP contribution in [0.15, 0.2) is 79.0 Å². The van der Waals surface area contributed by atoms with Crippen LogP contribution in [0.5, 0.6) is 5.75 Å². The van der Waals surface area contributed by atoms with Gasteiger partial charge in [0.05, 0.1) is 25.4 Å². The number of fused-ring (bicyclic) bond motifs is 1. The van der Waals surface area contributed by atoms with E-state index in [1.165, 1.54) is 12.1 Å². The molecule has 0 aliphatic carbocycles. The Bertz CT molecular complexity index is 1220. The van der Waals surface area contributed by atoms with Crippen LogP contribution in [0.2, 0.25) is 0 Å². The van der Waals surface area contributed by atoms with Crippen LogP contribution in [0.1, 0.15) is 13.8 Å². The third-order valence-electron chi connectivity index (χ3n) is 5.02. The first-order chi connectivity index (χ1) is 16.2. The van der Waals surface area contributed by atoms with Crippen molar-refractivity contribution in [3.63, 3.8) is 0 Å². The van der Waals surface area contributed by atoms with Crippen molar-refractivity contribution in [2.75, 3.05) is 7.11 Å². The highest BCUT2D eigenvalue weighted by molar-refractivity contribution is 5.85. The summed E-state index contributed by atoms with van der Waals surface area (Å²) in [5.74, 6) is -4.10. The predicted octanol–water partition coefficient (Wildman–Crippen LogP) is 5.70. The maximum absolute atomic E-state index is 13.1. The number of ether oxygens (including phenoxy) is 1. The Morgan fingerprint density at radius 1 is 1.06 bits per heavy atom. The normalized spacial score (nSPS) is 11.9. The molecule has 1 heterocycles. The Morgan fingerprint density at radius 2 is 1.71 bits per heavy atom. The van der Waals surface area contributed by atoms with Gasteiger partial charge in [-0.15, -0.1) is 0 Å². The van der Waals surface area contributed by atoms with E-state index in [0.29, 0.717) is 6.92 Å². The van der Waals surface area contributed by atoms with Gasteiger partial charge in [0.1, 0.15) is 11.6 Å². The summed E-state index contributed by atoms with van der Waals surface area (Å²) in [4.78, 5) is 11.4. The molecule has 0 aliphatic rings. The molecule has 0 saturated carbocycles. The number of hydrogen-bond acceptors (Lipinski definition) is 3. The zero-order valence-electron chi connectivity index (χ0n) is 19.1. The Hall–Kier alpha value is -3.81. The highest BCUT2D eigenvalue weighted by Gasteiger charge is 2.32. The average molecular weight is 470 g/mol. The van der Waals surface area contributed by atoms with Gasteiger partial charge in [-0.05, 0) is 54.4 Å². The number of amides is 1. The third-order valence-corrected chi connectivity index (χ3v) is 5.02. The molecule has 1 amide bonds. The van der Waals surface area contributed by atoms with Gasteiger partial charge in [0.25, 0.3) is 5.91 Å². The van der Waals surface area contributed by atoms with Crippen molar-refractivity contribution >= 4 is 16.8 Å². The molecule has 1 aromatic heterocycles. The van der Waals surface area contributed by atoms with Gasteiger partial charge in [-0.25, -0.2) is 4.39 Å². The van der Waals surface area contributed by atoms with E-state index in [9.17, 15) is 18.0 Å². The molecule has 8 heteroatoms. The summed E-state index contributed by atoms with van der Waals surface area (Å²) in [5.41, 5.74) is 2.62. The number of nitrogens with zero attached hydrogens (tertiary/aromatic N) is 2. The quantitative estimate of drug-likeness (QED) is 0.394. The summed E-state index contributed by atoms with van der Waals surface area (Å²) < 4.78 is 45.6. The van der Waals surface area contributed by atoms with Crippen molar-refractivity contribution in [2.45, 2.75) is 32.4 Å². The summed E-state index contributed by atoms with van der Waals surface area (Å²) in [6.45, 7) is 2.47. The number of carbonyl (C=O) groups excluding carboxylic acids is 1. The van der Waals surface area contributed by atoms with Gasteiger partial charge >= 0.3 is 5.92 Å². The first-order valence-corrected chi connectivity index (χ1v) is 10.7. The number of aromatic nitrogens is 2. The van der Waals surface area contributed by atoms with Crippen LogP contribution >= 0.6 is 0 Å². The number of nitrogens with one attached hydrogen (secondary N) is 1. The van der Waals surface area contributed by atoms with Gasteiger partial charge in [0.2, 0.25) is 0 Å². The highest BCUT2D eigenvalue weighted by Crippen LogP contribution is 2.25. The van der Waals surface area contributed by atoms with E-state index in [0.717, 1.165) is 27.8 Å². The number of benzene rings is 3. The minimum absolute atomic E-state index is 0.265. The van der Waals surface area contributed by atoms with E-state index >= 15 is 0 Å². The van der Waals surface area contributed by atoms with Crippen molar-refractivity contribution in [1.29, 1.82) is 0 Å². The number of rotatable bonds is 6. The molecule has 0 radical (unpaired) electrons. The third kappa shape index (κ3) is 6.60. The maximum Gasteiger partial charge on any atom is 0.321 e. The average Bonchev–Trinajstić information content (AvgIpc) is 3.21. The van der Waals surface area contributed by atoms with Crippen molar-refractivity contribution in [2.24, 2.45) is 0 Å². The van der Waals surface area contributed by atoms with Gasteiger partial charge in [-0.1, -0.05) is 36.4 Å². The van der Waals surface area contributed by atoms with Crippen LogP contribution in [-0.4, -0.2) is 34.8 Å². The van der Waals surface area contributed by atoms with Gasteiger partial charge in [-0.3, -0.25) is 9.48 Å². The molecular formula is C26H26F3N3O2. The number of halogens is 3. The van der Waals surface area contributed by atoms with E-state index in [4.69, 9.17) is 4.74 Å². The number of hydrogen-bond donors (Lipinski definition) is 1. The molecule has 0 spiro atoms. The van der Waals surface area contributed by atoms with Crippen molar-refractivity contribution in [3.05, 3.63) is 84.8 Å². The molecule has 0 saturated heterocycles. The molecule has 5 nitrogen and oxygen atoms in total. The fourth-order valence-corrected chi connectivity index (χ4v) is 3.27. The fourth-order valence-electron chi connectivity index (χ4n) is 3.27. The van der Waals surface area contributed by atoms with Crippen molar-refractivity contribution in [1.82, 2.24) is 15.1 Å². The van der Waals surface area contributed by atoms with E-state index in [1.807, 2.05) is 48.5 Å². The van der Waals surface area contributed by atoms with Crippen LogP contribution in [0.4, 0.5) is 13.2 Å². The van der Waals surface area contributed by atoms with E-state index < -0.39 is 17.9 Å². The highest BCUT2D eigenvalue weighted by atomic mass is 19.3. The van der Waals surface area contributed by atoms with Gasteiger partial charge in [0.15, 0.2) is 0 Å². The SMILES string of the molecule is CC(Cn1ncc2cc(-c3ccc(F)cc3)ccc21)NC(=O)C(C)(F)F.COc1ccccc1. The van der Waals surface area contributed by atoms with Gasteiger partial charge < -0.3 is 10.1 Å². The van der Waals surface area contributed by atoms with Crippen molar-refractivity contribution in [3.8, 4) is 16.9 Å². The summed E-state index contributed by atoms with van der Waals surface area (Å²) in [7, 11) is 1.66. The number of alkyl halides is 2. The second-order valence-electron chi connectivity index (χ2n) is 7.89. The molecule has 1 N–H and O–H groups in total. The monoisotopic (exact) mass is 469 g/mol. The van der Waals surface area contributed by atoms with Crippen LogP contribution in [0, 0.1) is 5.82 Å². The summed E-state index contributed by atoms with van der Waals surface area (Å²) in [6, 6.07) is 21.0. The Morgan fingerprint density at radius 3 is 2.29 bits per heavy atom. The molecule has 3 aromatic carbocycles. The molecular weight excluding hydrogens is 443 g/mol. The molecule has 4 rings (SSSR count). The second-order valence-corrected chi connectivity index (χ2v) is 7.89. The Kier molecular flexibility index (Phi) is 7.94. The lowest BCUT2D eigenvalue weighted by molar-refractivity contribution is -0.143. The number of para-hydroxylation sites is 1. The van der Waals surface area contributed by atoms with E-state index in [-0.39, 0.29) is 12.4 Å². The van der Waals surface area contributed by atoms with Crippen molar-refractivity contribution < 1.29 is 22.7 Å². The zero-order chi connectivity index (χ0) is 24.7. The smallest absolute Gasteiger partial charge is 0.321 e. The first-order valence-electron chi connectivity index (χ1n) is 10.7. The first kappa shape index (κ1) is 24.8. The molecule has 178 valence electrons. The van der Waals surface area contributed by atoms with E-state index in [2.05, 4.69) is 10.4 Å². The largest absolute Gasteiger partial charge is 0.497 e. The lowest BCUT2D eigenvalue weighted by Gasteiger charge is -2.17. The lowest BCUT2D eigenvalue weighted by Crippen LogP contribution is -2.44. The molecule has 1 atom stereocenters. The molecule has 0 aliphatic heterocycles. The maximum atomic E-state index is 13.1. The summed E-state index contributed by atoms with van der Waals surface area (Å²) in [5, 5.41) is 7.42. The fraction of sp³-hybridized carbons (Fsp3) is 0.231. The Labute approximate surface area is 196 Å². The second kappa shape index (κ2) is 10.9. The zero-order valence-corrected chi connectivity index (χ0v) is 19.1. The standard InChI is InChI=1S/C19H18F3N3O.C7H8O/c1-12(24-18(26)19(2,21)22)11-25-17-8-5-14(9-15(17)10-23-25)13-3-6-16(20)7-4-13;1-8-7-5-3-2-4-6-7/h3-10,12H,11H2,1-2H3,(H,24,26);2-6H,1H3. The van der Waals surface area contributed by atoms with Crippen LogP contribution in [0.25, 0.3) is 22.0 Å². The predicted molar refractivity (Wildman–Crippen MR) is 126 cm³/mol. The number of carbonyl (C=O) groups is 1. The lowest BCUT2D eigenvalue weighted by atomic mass is 10.0. The molecule has 0 bridgehead atoms. The van der Waals surface area contributed by atoms with Gasteiger partial charge in [0, 0.05) is 18.4 Å². The minimum atomic E-state index is -3.41. The minimum Gasteiger partial charge on any atom is -0.497 e. The summed E-state index contributed by atoms with van der Waals surface area (Å²) in [6.07, 6.45) is 1.67. The van der Waals surface area contributed by atoms with Crippen LogP contribution in [0.3, 0.4) is 0 Å².